The summed E-state index contributed by atoms with van der Waals surface area (Å²) in [4.78, 5) is 11.4. The summed E-state index contributed by atoms with van der Waals surface area (Å²) in [5, 5.41) is 0. The molecule has 5 unspecified atom stereocenters. The van der Waals surface area contributed by atoms with Gasteiger partial charge in [0.05, 0.1) is 6.26 Å². The maximum absolute atomic E-state index is 11.4. The van der Waals surface area contributed by atoms with E-state index in [1.165, 1.54) is 12.8 Å². The van der Waals surface area contributed by atoms with Gasteiger partial charge >= 0.3 is 0 Å². The molecule has 5 atom stereocenters. The van der Waals surface area contributed by atoms with Crippen LogP contribution >= 0.6 is 0 Å². The molecule has 0 spiro atoms. The van der Waals surface area contributed by atoms with Gasteiger partial charge in [-0.1, -0.05) is 6.58 Å². The number of ketones is 1. The fourth-order valence-corrected chi connectivity index (χ4v) is 3.46. The van der Waals surface area contributed by atoms with Crippen LogP contribution in [0.15, 0.2) is 12.8 Å². The molecule has 3 saturated carbocycles. The molecular formula is C11H14O2. The average Bonchev–Trinajstić information content (AvgIpc) is 2.68. The van der Waals surface area contributed by atoms with Gasteiger partial charge in [0.25, 0.3) is 0 Å². The van der Waals surface area contributed by atoms with E-state index >= 15 is 0 Å². The van der Waals surface area contributed by atoms with Crippen molar-refractivity contribution in [2.45, 2.75) is 25.4 Å². The van der Waals surface area contributed by atoms with Gasteiger partial charge < -0.3 is 4.74 Å². The van der Waals surface area contributed by atoms with Crippen molar-refractivity contribution in [3.05, 3.63) is 12.8 Å². The van der Waals surface area contributed by atoms with E-state index in [-0.39, 0.29) is 0 Å². The van der Waals surface area contributed by atoms with Crippen molar-refractivity contribution >= 4 is 5.78 Å². The van der Waals surface area contributed by atoms with E-state index in [4.69, 9.17) is 4.74 Å². The Labute approximate surface area is 78.0 Å². The predicted octanol–water partition coefficient (Wildman–Crippen LogP) is 1.76. The van der Waals surface area contributed by atoms with Crippen molar-refractivity contribution in [1.82, 2.24) is 0 Å². The van der Waals surface area contributed by atoms with Gasteiger partial charge in [0.1, 0.15) is 11.9 Å². The van der Waals surface area contributed by atoms with Gasteiger partial charge in [-0.05, 0) is 25.2 Å². The lowest BCUT2D eigenvalue weighted by molar-refractivity contribution is -0.112. The molecule has 70 valence electrons. The smallest absolute Gasteiger partial charge is 0.140 e. The fraction of sp³-hybridized carbons (Fsp3) is 0.727. The number of hydrogen-bond acceptors (Lipinski definition) is 2. The summed E-state index contributed by atoms with van der Waals surface area (Å²) in [5.41, 5.74) is 0. The summed E-state index contributed by atoms with van der Waals surface area (Å²) in [6, 6.07) is 0. The van der Waals surface area contributed by atoms with Gasteiger partial charge in [-0.3, -0.25) is 4.79 Å². The molecule has 0 aromatic heterocycles. The predicted molar refractivity (Wildman–Crippen MR) is 47.9 cm³/mol. The maximum Gasteiger partial charge on any atom is 0.140 e. The zero-order chi connectivity index (χ0) is 9.00. The minimum absolute atomic E-state index is 0.310. The zero-order valence-electron chi connectivity index (χ0n) is 7.61. The van der Waals surface area contributed by atoms with Crippen molar-refractivity contribution in [2.24, 2.45) is 23.7 Å². The highest BCUT2D eigenvalue weighted by molar-refractivity contribution is 6.00. The molecule has 0 radical (unpaired) electrons. The molecule has 2 heteroatoms. The van der Waals surface area contributed by atoms with Crippen LogP contribution in [0.2, 0.25) is 0 Å². The van der Waals surface area contributed by atoms with Crippen LogP contribution in [-0.4, -0.2) is 11.9 Å². The topological polar surface area (TPSA) is 26.3 Å². The third-order valence-electron chi connectivity index (χ3n) is 4.05. The highest BCUT2D eigenvalue weighted by atomic mass is 16.5. The molecule has 3 aliphatic carbocycles. The van der Waals surface area contributed by atoms with Gasteiger partial charge in [-0.25, -0.2) is 0 Å². The quantitative estimate of drug-likeness (QED) is 0.602. The molecule has 13 heavy (non-hydrogen) atoms. The zero-order valence-corrected chi connectivity index (χ0v) is 7.61. The molecule has 0 amide bonds. The third-order valence-corrected chi connectivity index (χ3v) is 4.05. The summed E-state index contributed by atoms with van der Waals surface area (Å²) in [6.07, 6.45) is 5.38. The van der Waals surface area contributed by atoms with Crippen LogP contribution in [0, 0.1) is 23.7 Å². The molecule has 0 aromatic carbocycles. The molecule has 0 aromatic rings. The monoisotopic (exact) mass is 178 g/mol. The summed E-state index contributed by atoms with van der Waals surface area (Å²) >= 11 is 0. The van der Waals surface area contributed by atoms with Gasteiger partial charge in [-0.15, -0.1) is 0 Å². The summed E-state index contributed by atoms with van der Waals surface area (Å²) < 4.78 is 5.53. The Morgan fingerprint density at radius 3 is 3.08 bits per heavy atom. The van der Waals surface area contributed by atoms with E-state index < -0.39 is 0 Å². The lowest BCUT2D eigenvalue weighted by Gasteiger charge is -2.27. The Hall–Kier alpha value is -0.790. The molecule has 3 rings (SSSR count). The van der Waals surface area contributed by atoms with Crippen LogP contribution in [-0.2, 0) is 9.53 Å². The van der Waals surface area contributed by atoms with Gasteiger partial charge in [-0.2, -0.15) is 0 Å². The number of carbonyl (C=O) groups is 1. The second-order valence-corrected chi connectivity index (χ2v) is 4.54. The number of hydrogen-bond donors (Lipinski definition) is 0. The van der Waals surface area contributed by atoms with Crippen molar-refractivity contribution in [2.75, 3.05) is 0 Å². The lowest BCUT2D eigenvalue weighted by Crippen LogP contribution is -2.29. The second-order valence-electron chi connectivity index (χ2n) is 4.54. The van der Waals surface area contributed by atoms with Crippen LogP contribution < -0.4 is 0 Å². The van der Waals surface area contributed by atoms with E-state index in [0.717, 1.165) is 6.42 Å². The molecule has 3 aliphatic rings. The Bertz CT molecular complexity index is 271. The minimum Gasteiger partial charge on any atom is -0.498 e. The molecule has 0 aliphatic heterocycles. The second kappa shape index (κ2) is 2.37. The van der Waals surface area contributed by atoms with Crippen LogP contribution in [0.4, 0.5) is 0 Å². The van der Waals surface area contributed by atoms with Crippen LogP contribution in [0.3, 0.4) is 0 Å². The fourth-order valence-electron chi connectivity index (χ4n) is 3.46. The number of fused-ring (bicyclic) bond motifs is 4. The number of Topliss-reactive ketones (excluding diaryl/α,β-unsaturated/α-hetero) is 1. The van der Waals surface area contributed by atoms with E-state index in [1.807, 2.05) is 0 Å². The number of carbonyl (C=O) groups excluding carboxylic acids is 1. The molecule has 3 fully saturated rings. The van der Waals surface area contributed by atoms with Crippen molar-refractivity contribution in [1.29, 1.82) is 0 Å². The molecule has 2 bridgehead atoms. The van der Waals surface area contributed by atoms with Crippen LogP contribution in [0.25, 0.3) is 0 Å². The van der Waals surface area contributed by atoms with Gasteiger partial charge in [0, 0.05) is 17.8 Å². The number of ether oxygens (including phenoxy) is 1. The average molecular weight is 178 g/mol. The third kappa shape index (κ3) is 0.862. The largest absolute Gasteiger partial charge is 0.498 e. The molecule has 2 nitrogen and oxygen atoms in total. The Balaban J connectivity index is 1.84. The van der Waals surface area contributed by atoms with Gasteiger partial charge in [0.2, 0.25) is 0 Å². The lowest BCUT2D eigenvalue weighted by atomic mass is 9.86. The van der Waals surface area contributed by atoms with E-state index in [1.54, 1.807) is 6.26 Å². The van der Waals surface area contributed by atoms with Crippen molar-refractivity contribution < 1.29 is 9.53 Å². The SMILES string of the molecule is C=COC1C2CCC1C1C(=O)C1C2. The normalized spacial score (nSPS) is 51.4. The number of rotatable bonds is 2. The first-order valence-electron chi connectivity index (χ1n) is 5.13. The van der Waals surface area contributed by atoms with Crippen molar-refractivity contribution in [3.8, 4) is 0 Å². The Kier molecular flexibility index (Phi) is 1.38. The van der Waals surface area contributed by atoms with Crippen molar-refractivity contribution in [3.63, 3.8) is 0 Å². The van der Waals surface area contributed by atoms with Crippen LogP contribution in [0.5, 0.6) is 0 Å². The summed E-state index contributed by atoms with van der Waals surface area (Å²) in [5.74, 6) is 2.45. The first-order valence-corrected chi connectivity index (χ1v) is 5.13. The highest BCUT2D eigenvalue weighted by Gasteiger charge is 2.63. The Morgan fingerprint density at radius 2 is 2.31 bits per heavy atom. The van der Waals surface area contributed by atoms with Crippen LogP contribution in [0.1, 0.15) is 19.3 Å². The first kappa shape index (κ1) is 7.60. The first-order chi connectivity index (χ1) is 6.33. The van der Waals surface area contributed by atoms with E-state index in [0.29, 0.717) is 35.6 Å². The highest BCUT2D eigenvalue weighted by Crippen LogP contribution is 2.58. The molecule has 0 saturated heterocycles. The van der Waals surface area contributed by atoms with Gasteiger partial charge in [0.15, 0.2) is 0 Å². The Morgan fingerprint density at radius 1 is 1.46 bits per heavy atom. The van der Waals surface area contributed by atoms with E-state index in [9.17, 15) is 4.79 Å². The summed E-state index contributed by atoms with van der Waals surface area (Å²) in [7, 11) is 0. The summed E-state index contributed by atoms with van der Waals surface area (Å²) in [6.45, 7) is 3.60. The molecule has 0 N–H and O–H groups in total. The van der Waals surface area contributed by atoms with E-state index in [2.05, 4.69) is 6.58 Å². The standard InChI is InChI=1S/C11H14O2/c1-2-13-11-6-3-4-7(11)9-8(5-6)10(9)12/h2,6-9,11H,1,3-5H2. The maximum atomic E-state index is 11.4. The minimum atomic E-state index is 0.310. The molecule has 0 heterocycles. The molecular weight excluding hydrogens is 164 g/mol.